The predicted octanol–water partition coefficient (Wildman–Crippen LogP) is 2.20. The molecule has 0 aliphatic heterocycles. The van der Waals surface area contributed by atoms with Crippen molar-refractivity contribution in [1.82, 2.24) is 20.3 Å². The highest BCUT2D eigenvalue weighted by Gasteiger charge is 2.23. The van der Waals surface area contributed by atoms with Crippen molar-refractivity contribution in [2.24, 2.45) is 0 Å². The fraction of sp³-hybridized carbons (Fsp3) is 0.364. The van der Waals surface area contributed by atoms with E-state index in [4.69, 9.17) is 5.41 Å². The molecule has 1 unspecified atom stereocenters. The molecule has 0 radical (unpaired) electrons. The summed E-state index contributed by atoms with van der Waals surface area (Å²) in [5.41, 5.74) is 1.09. The fourth-order valence-corrected chi connectivity index (χ4v) is 3.03. The third-order valence-corrected chi connectivity index (χ3v) is 4.86. The number of rotatable bonds is 9. The summed E-state index contributed by atoms with van der Waals surface area (Å²) >= 11 is 0. The van der Waals surface area contributed by atoms with Gasteiger partial charge in [-0.15, -0.1) is 0 Å². The molecule has 32 heavy (non-hydrogen) atoms. The molecule has 6 N–H and O–H groups in total. The van der Waals surface area contributed by atoms with Crippen molar-refractivity contribution in [2.45, 2.75) is 38.8 Å². The lowest BCUT2D eigenvalue weighted by Gasteiger charge is -2.23. The third-order valence-electron chi connectivity index (χ3n) is 4.86. The molecule has 2 heterocycles. The zero-order chi connectivity index (χ0) is 23.5. The Bertz CT molecular complexity index is 1140. The van der Waals surface area contributed by atoms with Gasteiger partial charge in [-0.2, -0.15) is 0 Å². The van der Waals surface area contributed by atoms with Crippen LogP contribution < -0.4 is 10.6 Å². The number of aliphatic hydroxyl groups excluding tert-OH is 2. The molecule has 0 fully saturated rings. The number of H-pyrrole nitrogens is 1. The maximum Gasteiger partial charge on any atom is 0.255 e. The number of amides is 1. The lowest BCUT2D eigenvalue weighted by Crippen LogP contribution is -2.46. The molecular formula is C22H27FN6O3. The van der Waals surface area contributed by atoms with E-state index in [1.165, 1.54) is 30.6 Å². The van der Waals surface area contributed by atoms with E-state index in [2.05, 4.69) is 25.6 Å². The van der Waals surface area contributed by atoms with Crippen LogP contribution in [0.25, 0.3) is 11.2 Å². The molecule has 2 aromatic heterocycles. The topological polar surface area (TPSA) is 147 Å². The smallest absolute Gasteiger partial charge is 0.255 e. The van der Waals surface area contributed by atoms with Crippen LogP contribution in [-0.4, -0.2) is 61.6 Å². The maximum absolute atomic E-state index is 13.8. The number of aromatic nitrogens is 3. The Kier molecular flexibility index (Phi) is 6.85. The van der Waals surface area contributed by atoms with Gasteiger partial charge in [-0.3, -0.25) is 10.2 Å². The molecule has 0 aliphatic carbocycles. The number of nitrogens with zero attached hydrogens (tertiary/aromatic N) is 2. The van der Waals surface area contributed by atoms with Crippen LogP contribution in [0, 0.1) is 11.2 Å². The van der Waals surface area contributed by atoms with Crippen molar-refractivity contribution < 1.29 is 19.4 Å². The van der Waals surface area contributed by atoms with E-state index in [9.17, 15) is 19.4 Å². The van der Waals surface area contributed by atoms with Crippen molar-refractivity contribution in [3.05, 3.63) is 53.2 Å². The number of hydrogen-bond donors (Lipinski definition) is 6. The molecule has 0 spiro atoms. The van der Waals surface area contributed by atoms with Crippen LogP contribution in [0.1, 0.15) is 48.8 Å². The van der Waals surface area contributed by atoms with Gasteiger partial charge in [0.05, 0.1) is 35.7 Å². The normalized spacial score (nSPS) is 12.6. The van der Waals surface area contributed by atoms with Crippen molar-refractivity contribution in [2.75, 3.05) is 18.5 Å². The first-order valence-corrected chi connectivity index (χ1v) is 10.2. The molecule has 0 aliphatic rings. The quantitative estimate of drug-likeness (QED) is 0.280. The van der Waals surface area contributed by atoms with Crippen LogP contribution in [0.4, 0.5) is 10.1 Å². The maximum atomic E-state index is 13.8. The predicted molar refractivity (Wildman–Crippen MR) is 120 cm³/mol. The van der Waals surface area contributed by atoms with Gasteiger partial charge in [-0.25, -0.2) is 14.4 Å². The van der Waals surface area contributed by atoms with Gasteiger partial charge >= 0.3 is 0 Å². The van der Waals surface area contributed by atoms with Crippen LogP contribution in [0.3, 0.4) is 0 Å². The molecular weight excluding hydrogens is 415 g/mol. The molecule has 1 amide bonds. The highest BCUT2D eigenvalue weighted by atomic mass is 19.1. The first kappa shape index (κ1) is 23.3. The van der Waals surface area contributed by atoms with Gasteiger partial charge < -0.3 is 25.8 Å². The van der Waals surface area contributed by atoms with Crippen LogP contribution in [0.5, 0.6) is 0 Å². The van der Waals surface area contributed by atoms with Crippen molar-refractivity contribution in [1.29, 1.82) is 5.41 Å². The molecule has 1 atom stereocenters. The molecule has 3 aromatic rings. The summed E-state index contributed by atoms with van der Waals surface area (Å²) in [6.07, 6.45) is 2.83. The minimum Gasteiger partial charge on any atom is -0.394 e. The molecule has 0 bridgehead atoms. The SMILES string of the molecule is CC(O)CCNc1cc(F)ccc1C(=N)c1cnc2[nH]cc(C(=O)NC(C)(C)CO)c2n1. The number of fused-ring (bicyclic) bond motifs is 1. The number of hydrogen-bond acceptors (Lipinski definition) is 7. The molecule has 1 aromatic carbocycles. The standard InChI is InChI=1S/C22H27FN6O3/c1-12(31)6-7-25-16-8-13(23)4-5-14(16)18(24)17-10-27-20-19(28-17)15(9-26-20)21(32)29-22(2,3)11-30/h4-5,8-10,12,24-25,30-31H,6-7,11H2,1-3H3,(H,26,27)(H,29,32). The van der Waals surface area contributed by atoms with Crippen LogP contribution in [0.15, 0.2) is 30.6 Å². The van der Waals surface area contributed by atoms with E-state index < -0.39 is 23.4 Å². The Hall–Kier alpha value is -3.37. The molecule has 3 rings (SSSR count). The van der Waals surface area contributed by atoms with Gasteiger partial charge in [0.15, 0.2) is 5.65 Å². The third kappa shape index (κ3) is 5.27. The zero-order valence-electron chi connectivity index (χ0n) is 18.2. The van der Waals surface area contributed by atoms with Gasteiger partial charge in [-0.05, 0) is 45.4 Å². The molecule has 0 saturated heterocycles. The van der Waals surface area contributed by atoms with Crippen molar-refractivity contribution in [3.63, 3.8) is 0 Å². The van der Waals surface area contributed by atoms with E-state index in [0.29, 0.717) is 29.9 Å². The second kappa shape index (κ2) is 9.41. The number of benzene rings is 1. The van der Waals surface area contributed by atoms with E-state index in [-0.39, 0.29) is 29.1 Å². The number of carbonyl (C=O) groups is 1. The summed E-state index contributed by atoms with van der Waals surface area (Å²) in [5, 5.41) is 33.3. The van der Waals surface area contributed by atoms with Gasteiger partial charge in [0.25, 0.3) is 5.91 Å². The first-order valence-electron chi connectivity index (χ1n) is 10.2. The first-order chi connectivity index (χ1) is 15.1. The second-order valence-corrected chi connectivity index (χ2v) is 8.28. The Balaban J connectivity index is 1.93. The second-order valence-electron chi connectivity index (χ2n) is 8.28. The van der Waals surface area contributed by atoms with Gasteiger partial charge in [0.1, 0.15) is 17.0 Å². The summed E-state index contributed by atoms with van der Waals surface area (Å²) in [6, 6.07) is 4.01. The summed E-state index contributed by atoms with van der Waals surface area (Å²) in [7, 11) is 0. The Morgan fingerprint density at radius 3 is 2.78 bits per heavy atom. The highest BCUT2D eigenvalue weighted by molar-refractivity contribution is 6.14. The Morgan fingerprint density at radius 1 is 1.34 bits per heavy atom. The van der Waals surface area contributed by atoms with Crippen LogP contribution in [-0.2, 0) is 0 Å². The van der Waals surface area contributed by atoms with Crippen LogP contribution in [0.2, 0.25) is 0 Å². The number of nitrogens with one attached hydrogen (secondary N) is 4. The van der Waals surface area contributed by atoms with Gasteiger partial charge in [0.2, 0.25) is 0 Å². The molecule has 170 valence electrons. The summed E-state index contributed by atoms with van der Waals surface area (Å²) in [5.74, 6) is -0.894. The Labute approximate surface area is 184 Å². The number of aliphatic hydroxyl groups is 2. The molecule has 0 saturated carbocycles. The van der Waals surface area contributed by atoms with E-state index in [0.717, 1.165) is 0 Å². The Morgan fingerprint density at radius 2 is 2.09 bits per heavy atom. The number of aromatic amines is 1. The van der Waals surface area contributed by atoms with Crippen molar-refractivity contribution >= 4 is 28.5 Å². The lowest BCUT2D eigenvalue weighted by molar-refractivity contribution is 0.0871. The highest BCUT2D eigenvalue weighted by Crippen LogP contribution is 2.22. The number of anilines is 1. The number of carbonyl (C=O) groups excluding carboxylic acids is 1. The summed E-state index contributed by atoms with van der Waals surface area (Å²) in [4.78, 5) is 24.3. The fourth-order valence-electron chi connectivity index (χ4n) is 3.03. The molecule has 9 nitrogen and oxygen atoms in total. The number of halogens is 1. The van der Waals surface area contributed by atoms with Crippen LogP contribution >= 0.6 is 0 Å². The monoisotopic (exact) mass is 442 g/mol. The average Bonchev–Trinajstić information content (AvgIpc) is 3.16. The average molecular weight is 442 g/mol. The minimum atomic E-state index is -0.820. The summed E-state index contributed by atoms with van der Waals surface area (Å²) < 4.78 is 13.8. The molecule has 10 heteroatoms. The summed E-state index contributed by atoms with van der Waals surface area (Å²) in [6.45, 7) is 5.19. The van der Waals surface area contributed by atoms with Gasteiger partial charge in [0, 0.05) is 24.0 Å². The van der Waals surface area contributed by atoms with E-state index in [1.807, 2.05) is 0 Å². The van der Waals surface area contributed by atoms with Crippen molar-refractivity contribution in [3.8, 4) is 0 Å². The van der Waals surface area contributed by atoms with E-state index in [1.54, 1.807) is 20.8 Å². The largest absolute Gasteiger partial charge is 0.394 e. The minimum absolute atomic E-state index is 0.00203. The lowest BCUT2D eigenvalue weighted by atomic mass is 10.0. The zero-order valence-corrected chi connectivity index (χ0v) is 18.2. The van der Waals surface area contributed by atoms with Gasteiger partial charge in [-0.1, -0.05) is 0 Å². The van der Waals surface area contributed by atoms with E-state index >= 15 is 0 Å².